The molecule has 0 bridgehead atoms. The molecule has 0 saturated heterocycles. The molecule has 35 heavy (non-hydrogen) atoms. The van der Waals surface area contributed by atoms with Gasteiger partial charge in [0.25, 0.3) is 10.0 Å². The number of halogens is 2. The first-order valence-electron chi connectivity index (χ1n) is 11.4. The van der Waals surface area contributed by atoms with Crippen molar-refractivity contribution in [1.82, 2.24) is 5.32 Å². The molecule has 0 unspecified atom stereocenters. The number of amides is 1. The average molecular weight is 532 g/mol. The fourth-order valence-corrected chi connectivity index (χ4v) is 6.41. The van der Waals surface area contributed by atoms with Gasteiger partial charge in [-0.1, -0.05) is 80.4 Å². The zero-order valence-electron chi connectivity index (χ0n) is 19.9. The minimum Gasteiger partial charge on any atom is -0.354 e. The SMILES string of the molecule is CC(C)(C)c1ccc(S(=O)(=O)N2c3ccccc3C[C@H]2C(=O)NCCc2ccc(Cl)cc2Cl)cc1. The van der Waals surface area contributed by atoms with Crippen molar-refractivity contribution in [3.63, 3.8) is 0 Å². The van der Waals surface area contributed by atoms with Crippen LogP contribution in [0.5, 0.6) is 0 Å². The van der Waals surface area contributed by atoms with Crippen LogP contribution in [-0.4, -0.2) is 26.9 Å². The van der Waals surface area contributed by atoms with Crippen molar-refractivity contribution in [1.29, 1.82) is 0 Å². The highest BCUT2D eigenvalue weighted by atomic mass is 35.5. The van der Waals surface area contributed by atoms with Gasteiger partial charge >= 0.3 is 0 Å². The van der Waals surface area contributed by atoms with Crippen LogP contribution in [0.4, 0.5) is 5.69 Å². The third-order valence-electron chi connectivity index (χ3n) is 6.21. The van der Waals surface area contributed by atoms with E-state index in [2.05, 4.69) is 26.1 Å². The fraction of sp³-hybridized carbons (Fsp3) is 0.296. The van der Waals surface area contributed by atoms with Crippen molar-refractivity contribution in [3.05, 3.63) is 93.5 Å². The predicted octanol–water partition coefficient (Wildman–Crippen LogP) is 5.77. The van der Waals surface area contributed by atoms with Gasteiger partial charge in [0.05, 0.1) is 10.6 Å². The molecular weight excluding hydrogens is 503 g/mol. The van der Waals surface area contributed by atoms with Crippen LogP contribution in [0.15, 0.2) is 71.6 Å². The molecule has 5 nitrogen and oxygen atoms in total. The van der Waals surface area contributed by atoms with Crippen molar-refractivity contribution in [2.75, 3.05) is 10.8 Å². The highest BCUT2D eigenvalue weighted by molar-refractivity contribution is 7.93. The number of para-hydroxylation sites is 1. The van der Waals surface area contributed by atoms with E-state index in [-0.39, 0.29) is 16.2 Å². The Bertz CT molecular complexity index is 1350. The molecule has 0 spiro atoms. The van der Waals surface area contributed by atoms with Gasteiger partial charge in [-0.2, -0.15) is 0 Å². The lowest BCUT2D eigenvalue weighted by Gasteiger charge is -2.27. The van der Waals surface area contributed by atoms with Crippen molar-refractivity contribution < 1.29 is 13.2 Å². The number of hydrogen-bond acceptors (Lipinski definition) is 3. The molecule has 1 aliphatic heterocycles. The summed E-state index contributed by atoms with van der Waals surface area (Å²) < 4.78 is 28.8. The molecule has 1 atom stereocenters. The molecule has 0 aliphatic carbocycles. The molecule has 0 aromatic heterocycles. The Kier molecular flexibility index (Phi) is 7.18. The summed E-state index contributed by atoms with van der Waals surface area (Å²) in [5, 5.41) is 3.97. The van der Waals surface area contributed by atoms with E-state index in [4.69, 9.17) is 23.2 Å². The monoisotopic (exact) mass is 530 g/mol. The minimum absolute atomic E-state index is 0.0993. The number of benzene rings is 3. The molecule has 4 rings (SSSR count). The summed E-state index contributed by atoms with van der Waals surface area (Å²) >= 11 is 12.2. The van der Waals surface area contributed by atoms with Crippen molar-refractivity contribution >= 4 is 44.8 Å². The van der Waals surface area contributed by atoms with Gasteiger partial charge in [0.15, 0.2) is 0 Å². The Labute approximate surface area is 217 Å². The maximum atomic E-state index is 13.8. The summed E-state index contributed by atoms with van der Waals surface area (Å²) in [5.74, 6) is -0.346. The first kappa shape index (κ1) is 25.5. The smallest absolute Gasteiger partial charge is 0.265 e. The number of nitrogens with one attached hydrogen (secondary N) is 1. The van der Waals surface area contributed by atoms with E-state index in [9.17, 15) is 13.2 Å². The largest absolute Gasteiger partial charge is 0.354 e. The van der Waals surface area contributed by atoms with E-state index in [1.165, 1.54) is 4.31 Å². The quantitative estimate of drug-likeness (QED) is 0.439. The number of hydrogen-bond donors (Lipinski definition) is 1. The minimum atomic E-state index is -3.96. The van der Waals surface area contributed by atoms with Crippen LogP contribution < -0.4 is 9.62 Å². The molecule has 8 heteroatoms. The Morgan fingerprint density at radius 3 is 2.37 bits per heavy atom. The van der Waals surface area contributed by atoms with E-state index in [1.807, 2.05) is 30.3 Å². The van der Waals surface area contributed by atoms with Crippen LogP contribution in [0, 0.1) is 0 Å². The van der Waals surface area contributed by atoms with E-state index >= 15 is 0 Å². The lowest BCUT2D eigenvalue weighted by molar-refractivity contribution is -0.122. The third-order valence-corrected chi connectivity index (χ3v) is 8.64. The number of fused-ring (bicyclic) bond motifs is 1. The maximum Gasteiger partial charge on any atom is 0.265 e. The Morgan fingerprint density at radius 1 is 1.03 bits per heavy atom. The van der Waals surface area contributed by atoms with Crippen LogP contribution in [0.2, 0.25) is 10.0 Å². The van der Waals surface area contributed by atoms with Crippen molar-refractivity contribution in [3.8, 4) is 0 Å². The van der Waals surface area contributed by atoms with Gasteiger partial charge in [-0.15, -0.1) is 0 Å². The van der Waals surface area contributed by atoms with Gasteiger partial charge in [-0.25, -0.2) is 8.42 Å². The lowest BCUT2D eigenvalue weighted by atomic mass is 9.87. The van der Waals surface area contributed by atoms with E-state index in [0.29, 0.717) is 35.1 Å². The lowest BCUT2D eigenvalue weighted by Crippen LogP contribution is -2.48. The zero-order chi connectivity index (χ0) is 25.4. The molecule has 184 valence electrons. The number of sulfonamides is 1. The van der Waals surface area contributed by atoms with Gasteiger partial charge in [0, 0.05) is 23.0 Å². The van der Waals surface area contributed by atoms with Crippen molar-refractivity contribution in [2.24, 2.45) is 0 Å². The van der Waals surface area contributed by atoms with Gasteiger partial charge in [0.2, 0.25) is 5.91 Å². The number of anilines is 1. The summed E-state index contributed by atoms with van der Waals surface area (Å²) in [5.41, 5.74) is 3.15. The van der Waals surface area contributed by atoms with Gasteiger partial charge in [0.1, 0.15) is 6.04 Å². The predicted molar refractivity (Wildman–Crippen MR) is 142 cm³/mol. The standard InChI is InChI=1S/C27H28Cl2N2O3S/c1-27(2,3)20-9-12-22(13-10-20)35(33,34)31-24-7-5-4-6-19(24)16-25(31)26(32)30-15-14-18-8-11-21(28)17-23(18)29/h4-13,17,25H,14-16H2,1-3H3,(H,30,32)/t25-/m0/s1. The summed E-state index contributed by atoms with van der Waals surface area (Å²) in [6.07, 6.45) is 0.811. The first-order valence-corrected chi connectivity index (χ1v) is 13.6. The number of nitrogens with zero attached hydrogens (tertiary/aromatic N) is 1. The molecule has 1 N–H and O–H groups in total. The second kappa shape index (κ2) is 9.84. The topological polar surface area (TPSA) is 66.5 Å². The van der Waals surface area contributed by atoms with E-state index in [0.717, 1.165) is 16.7 Å². The first-order chi connectivity index (χ1) is 16.5. The summed E-state index contributed by atoms with van der Waals surface area (Å²) in [6, 6.07) is 18.5. The van der Waals surface area contributed by atoms with Crippen LogP contribution in [-0.2, 0) is 33.1 Å². The molecule has 1 aliphatic rings. The summed E-state index contributed by atoms with van der Waals surface area (Å²) in [6.45, 7) is 6.54. The number of carbonyl (C=O) groups is 1. The van der Waals surface area contributed by atoms with Gasteiger partial charge in [-0.3, -0.25) is 9.10 Å². The average Bonchev–Trinajstić information content (AvgIpc) is 3.20. The normalized spacial score (nSPS) is 15.7. The van der Waals surface area contributed by atoms with Gasteiger partial charge < -0.3 is 5.32 Å². The van der Waals surface area contributed by atoms with Crippen LogP contribution >= 0.6 is 23.2 Å². The van der Waals surface area contributed by atoms with Crippen LogP contribution in [0.3, 0.4) is 0 Å². The number of rotatable bonds is 6. The fourth-order valence-electron chi connectivity index (χ4n) is 4.26. The zero-order valence-corrected chi connectivity index (χ0v) is 22.2. The highest BCUT2D eigenvalue weighted by Crippen LogP contribution is 2.37. The molecule has 1 amide bonds. The molecule has 1 heterocycles. The summed E-state index contributed by atoms with van der Waals surface area (Å²) in [7, 11) is -3.96. The molecule has 0 fully saturated rings. The maximum absolute atomic E-state index is 13.8. The molecule has 3 aromatic carbocycles. The van der Waals surface area contributed by atoms with E-state index in [1.54, 1.807) is 36.4 Å². The molecule has 0 saturated carbocycles. The second-order valence-electron chi connectivity index (χ2n) is 9.70. The molecule has 0 radical (unpaired) electrons. The second-order valence-corrected chi connectivity index (χ2v) is 12.4. The Balaban J connectivity index is 1.57. The summed E-state index contributed by atoms with van der Waals surface area (Å²) in [4.78, 5) is 13.4. The van der Waals surface area contributed by atoms with Gasteiger partial charge in [-0.05, 0) is 58.9 Å². The van der Waals surface area contributed by atoms with E-state index < -0.39 is 16.1 Å². The Hall–Kier alpha value is -2.54. The van der Waals surface area contributed by atoms with Crippen molar-refractivity contribution in [2.45, 2.75) is 50.0 Å². The molecular formula is C27H28Cl2N2O3S. The Morgan fingerprint density at radius 2 is 1.71 bits per heavy atom. The number of carbonyl (C=O) groups excluding carboxylic acids is 1. The van der Waals surface area contributed by atoms with Crippen LogP contribution in [0.1, 0.15) is 37.5 Å². The molecule has 3 aromatic rings. The third kappa shape index (κ3) is 5.35. The highest BCUT2D eigenvalue weighted by Gasteiger charge is 2.42. The van der Waals surface area contributed by atoms with Crippen LogP contribution in [0.25, 0.3) is 0 Å².